The molecule has 0 aliphatic heterocycles. The van der Waals surface area contributed by atoms with Crippen LogP contribution in [-0.2, 0) is 20.9 Å². The average Bonchev–Trinajstić information content (AvgIpc) is 2.65. The van der Waals surface area contributed by atoms with Crippen LogP contribution in [-0.4, -0.2) is 45.2 Å². The molecule has 0 heterocycles. The highest BCUT2D eigenvalue weighted by molar-refractivity contribution is 7.89. The van der Waals surface area contributed by atoms with E-state index in [0.717, 1.165) is 28.6 Å². The Bertz CT molecular complexity index is 1050. The van der Waals surface area contributed by atoms with Gasteiger partial charge < -0.3 is 4.74 Å². The molecule has 0 spiro atoms. The standard InChI is InChI=1S/C18H15ClF3NO5S/c1-23(2)29(26,27)16-9-12(6-7-14(16)19)17(25)28-10-15(24)11-4-3-5-13(8-11)18(20,21)22/h3-9H,10H2,1-2H3. The van der Waals surface area contributed by atoms with E-state index in [2.05, 4.69) is 0 Å². The van der Waals surface area contributed by atoms with Crippen molar-refractivity contribution in [3.63, 3.8) is 0 Å². The van der Waals surface area contributed by atoms with Gasteiger partial charge in [-0.2, -0.15) is 13.2 Å². The van der Waals surface area contributed by atoms with Crippen molar-refractivity contribution >= 4 is 33.4 Å². The molecule has 0 unspecified atom stereocenters. The molecule has 0 saturated heterocycles. The third kappa shape index (κ3) is 5.34. The Balaban J connectivity index is 2.17. The SMILES string of the molecule is CN(C)S(=O)(=O)c1cc(C(=O)OCC(=O)c2cccc(C(F)(F)F)c2)ccc1Cl. The Morgan fingerprint density at radius 2 is 1.72 bits per heavy atom. The second-order valence-electron chi connectivity index (χ2n) is 6.01. The number of carbonyl (C=O) groups is 2. The van der Waals surface area contributed by atoms with Crippen LogP contribution in [0.25, 0.3) is 0 Å². The summed E-state index contributed by atoms with van der Waals surface area (Å²) in [5, 5.41) is -0.115. The lowest BCUT2D eigenvalue weighted by atomic mass is 10.1. The van der Waals surface area contributed by atoms with E-state index in [0.29, 0.717) is 6.07 Å². The zero-order valence-electron chi connectivity index (χ0n) is 15.2. The van der Waals surface area contributed by atoms with Crippen molar-refractivity contribution in [1.29, 1.82) is 0 Å². The average molecular weight is 450 g/mol. The molecule has 2 aromatic carbocycles. The Morgan fingerprint density at radius 1 is 1.07 bits per heavy atom. The topological polar surface area (TPSA) is 80.8 Å². The van der Waals surface area contributed by atoms with Gasteiger partial charge in [0, 0.05) is 19.7 Å². The fourth-order valence-corrected chi connectivity index (χ4v) is 3.59. The van der Waals surface area contributed by atoms with Gasteiger partial charge in [-0.05, 0) is 30.3 Å². The first-order chi connectivity index (χ1) is 13.3. The molecule has 11 heteroatoms. The molecule has 2 rings (SSSR count). The number of alkyl halides is 3. The number of ether oxygens (including phenoxy) is 1. The molecule has 29 heavy (non-hydrogen) atoms. The number of benzene rings is 2. The lowest BCUT2D eigenvalue weighted by Gasteiger charge is -2.13. The molecule has 156 valence electrons. The van der Waals surface area contributed by atoms with Crippen molar-refractivity contribution in [2.45, 2.75) is 11.1 Å². The highest BCUT2D eigenvalue weighted by Gasteiger charge is 2.31. The largest absolute Gasteiger partial charge is 0.454 e. The first kappa shape index (κ1) is 22.9. The van der Waals surface area contributed by atoms with E-state index in [1.165, 1.54) is 26.2 Å². The summed E-state index contributed by atoms with van der Waals surface area (Å²) < 4.78 is 68.4. The highest BCUT2D eigenvalue weighted by atomic mass is 35.5. The van der Waals surface area contributed by atoms with Crippen LogP contribution in [0.3, 0.4) is 0 Å². The van der Waals surface area contributed by atoms with Gasteiger partial charge in [-0.15, -0.1) is 0 Å². The van der Waals surface area contributed by atoms with E-state index in [9.17, 15) is 31.2 Å². The van der Waals surface area contributed by atoms with Gasteiger partial charge in [-0.25, -0.2) is 17.5 Å². The van der Waals surface area contributed by atoms with E-state index in [1.807, 2.05) is 0 Å². The summed E-state index contributed by atoms with van der Waals surface area (Å²) in [6, 6.07) is 7.07. The van der Waals surface area contributed by atoms with Crippen LogP contribution in [0.4, 0.5) is 13.2 Å². The minimum Gasteiger partial charge on any atom is -0.454 e. The number of halogens is 4. The van der Waals surface area contributed by atoms with E-state index in [-0.39, 0.29) is 21.0 Å². The molecule has 0 saturated carbocycles. The predicted octanol–water partition coefficient (Wildman–Crippen LogP) is 3.65. The summed E-state index contributed by atoms with van der Waals surface area (Å²) in [6.07, 6.45) is -4.62. The number of hydrogen-bond donors (Lipinski definition) is 0. The molecule has 2 aromatic rings. The second-order valence-corrected chi connectivity index (χ2v) is 8.54. The number of rotatable bonds is 6. The van der Waals surface area contributed by atoms with E-state index in [1.54, 1.807) is 0 Å². The maximum absolute atomic E-state index is 12.7. The molecule has 0 fully saturated rings. The van der Waals surface area contributed by atoms with Gasteiger partial charge in [0.15, 0.2) is 12.4 Å². The number of Topliss-reactive ketones (excluding diaryl/α,β-unsaturated/α-hetero) is 1. The Labute approximate surface area is 169 Å². The molecular weight excluding hydrogens is 435 g/mol. The quantitative estimate of drug-likeness (QED) is 0.496. The number of carbonyl (C=O) groups excluding carboxylic acids is 2. The molecule has 0 bridgehead atoms. The summed E-state index contributed by atoms with van der Waals surface area (Å²) in [6.45, 7) is -0.821. The maximum Gasteiger partial charge on any atom is 0.416 e. The van der Waals surface area contributed by atoms with Crippen LogP contribution in [0.2, 0.25) is 5.02 Å². The van der Waals surface area contributed by atoms with Crippen LogP contribution in [0.15, 0.2) is 47.4 Å². The molecule has 0 aliphatic rings. The minimum atomic E-state index is -4.62. The summed E-state index contributed by atoms with van der Waals surface area (Å²) in [7, 11) is -1.37. The van der Waals surface area contributed by atoms with Gasteiger partial charge in [0.2, 0.25) is 10.0 Å². The van der Waals surface area contributed by atoms with Crippen molar-refractivity contribution in [2.24, 2.45) is 0 Å². The summed E-state index contributed by atoms with van der Waals surface area (Å²) in [5.41, 5.74) is -1.47. The smallest absolute Gasteiger partial charge is 0.416 e. The number of sulfonamides is 1. The van der Waals surface area contributed by atoms with Gasteiger partial charge in [-0.1, -0.05) is 23.7 Å². The zero-order valence-corrected chi connectivity index (χ0v) is 16.7. The summed E-state index contributed by atoms with van der Waals surface area (Å²) in [4.78, 5) is 23.9. The minimum absolute atomic E-state index is 0.115. The molecule has 0 N–H and O–H groups in total. The highest BCUT2D eigenvalue weighted by Crippen LogP contribution is 2.29. The van der Waals surface area contributed by atoms with Crippen molar-refractivity contribution in [3.8, 4) is 0 Å². The van der Waals surface area contributed by atoms with Gasteiger partial charge in [0.1, 0.15) is 4.90 Å². The van der Waals surface area contributed by atoms with E-state index in [4.69, 9.17) is 16.3 Å². The monoisotopic (exact) mass is 449 g/mol. The third-order valence-corrected chi connectivity index (χ3v) is 6.07. The van der Waals surface area contributed by atoms with Crippen molar-refractivity contribution in [3.05, 3.63) is 64.2 Å². The van der Waals surface area contributed by atoms with E-state index >= 15 is 0 Å². The molecule has 0 atom stereocenters. The summed E-state index contributed by atoms with van der Waals surface area (Å²) >= 11 is 5.88. The molecule has 0 radical (unpaired) electrons. The molecule has 0 aromatic heterocycles. The van der Waals surface area contributed by atoms with Crippen LogP contribution in [0.1, 0.15) is 26.3 Å². The van der Waals surface area contributed by atoms with Gasteiger partial charge in [0.05, 0.1) is 16.1 Å². The lowest BCUT2D eigenvalue weighted by molar-refractivity contribution is -0.137. The molecule has 6 nitrogen and oxygen atoms in total. The lowest BCUT2D eigenvalue weighted by Crippen LogP contribution is -2.23. The normalized spacial score (nSPS) is 12.1. The number of ketones is 1. The van der Waals surface area contributed by atoms with E-state index < -0.39 is 40.1 Å². The number of nitrogens with zero attached hydrogens (tertiary/aromatic N) is 1. The predicted molar refractivity (Wildman–Crippen MR) is 98.4 cm³/mol. The first-order valence-electron chi connectivity index (χ1n) is 7.93. The van der Waals surface area contributed by atoms with Gasteiger partial charge >= 0.3 is 12.1 Å². The fourth-order valence-electron chi connectivity index (χ4n) is 2.19. The molecular formula is C18H15ClF3NO5S. The van der Waals surface area contributed by atoms with Crippen LogP contribution in [0, 0.1) is 0 Å². The fraction of sp³-hybridized carbons (Fsp3) is 0.222. The van der Waals surface area contributed by atoms with Crippen molar-refractivity contribution in [1.82, 2.24) is 4.31 Å². The number of esters is 1. The van der Waals surface area contributed by atoms with Crippen molar-refractivity contribution in [2.75, 3.05) is 20.7 Å². The Morgan fingerprint density at radius 3 is 2.31 bits per heavy atom. The third-order valence-electron chi connectivity index (χ3n) is 3.77. The Kier molecular flexibility index (Phi) is 6.71. The molecule has 0 aliphatic carbocycles. The second kappa shape index (κ2) is 8.52. The first-order valence-corrected chi connectivity index (χ1v) is 9.75. The van der Waals surface area contributed by atoms with Crippen LogP contribution in [0.5, 0.6) is 0 Å². The Hall–Kier alpha value is -2.43. The maximum atomic E-state index is 12.7. The van der Waals surface area contributed by atoms with Crippen molar-refractivity contribution < 1.29 is 35.9 Å². The van der Waals surface area contributed by atoms with Gasteiger partial charge in [-0.3, -0.25) is 4.79 Å². The summed E-state index contributed by atoms with van der Waals surface area (Å²) in [5.74, 6) is -1.88. The zero-order chi connectivity index (χ0) is 22.0. The molecule has 0 amide bonds. The van der Waals surface area contributed by atoms with Gasteiger partial charge in [0.25, 0.3) is 0 Å². The van der Waals surface area contributed by atoms with Crippen LogP contribution < -0.4 is 0 Å². The number of hydrogen-bond acceptors (Lipinski definition) is 5. The van der Waals surface area contributed by atoms with Crippen LogP contribution >= 0.6 is 11.6 Å².